The molecule has 0 saturated carbocycles. The molecule has 1 unspecified atom stereocenters. The number of aldehydes is 1. The minimum atomic E-state index is -2.03. The molecule has 0 heterocycles. The Hall–Kier alpha value is -0.419. The second-order valence-electron chi connectivity index (χ2n) is 10.6. The van der Waals surface area contributed by atoms with Gasteiger partial charge in [-0.25, -0.2) is 0 Å². The SMILES string of the molecule is CC[Si](/C=C/C[Si](C)(C)C)(CC)OC(C#C[Si](C(C)C)(C(C)C)C(C)C)CC=O. The van der Waals surface area contributed by atoms with Gasteiger partial charge in [0.05, 0.1) is 0 Å². The average molecular weight is 453 g/mol. The summed E-state index contributed by atoms with van der Waals surface area (Å²) in [6.45, 7) is 25.6. The fourth-order valence-electron chi connectivity index (χ4n) is 4.46. The standard InChI is InChI=1S/C24H48O2Si3/c1-12-28(13-2,19-14-18-27(9,10)11)26-24(15-17-25)16-20-29(21(3)4,22(5)6)23(7)8/h14,17,19,21-24H,12-13,15,18H2,1-11H3/b19-14+. The van der Waals surface area contributed by atoms with Gasteiger partial charge in [0.2, 0.25) is 8.32 Å². The molecule has 0 radical (unpaired) electrons. The summed E-state index contributed by atoms with van der Waals surface area (Å²) in [6, 6.07) is 3.24. The van der Waals surface area contributed by atoms with E-state index in [1.807, 2.05) is 0 Å². The quantitative estimate of drug-likeness (QED) is 0.173. The number of carbonyl (C=O) groups excluding carboxylic acids is 1. The summed E-state index contributed by atoms with van der Waals surface area (Å²) in [5.74, 6) is 3.50. The second kappa shape index (κ2) is 12.4. The zero-order valence-corrected chi connectivity index (χ0v) is 24.2. The highest BCUT2D eigenvalue weighted by molar-refractivity contribution is 6.90. The van der Waals surface area contributed by atoms with Crippen molar-refractivity contribution in [1.82, 2.24) is 0 Å². The molecule has 2 nitrogen and oxygen atoms in total. The van der Waals surface area contributed by atoms with E-state index in [2.05, 4.69) is 98.3 Å². The smallest absolute Gasteiger partial charge is 0.218 e. The highest BCUT2D eigenvalue weighted by Gasteiger charge is 2.42. The molecule has 0 N–H and O–H groups in total. The Morgan fingerprint density at radius 1 is 0.897 bits per heavy atom. The molecule has 0 aromatic rings. The molecule has 0 aliphatic carbocycles. The molecule has 0 rings (SSSR count). The second-order valence-corrected chi connectivity index (χ2v) is 25.8. The fourth-order valence-corrected chi connectivity index (χ4v) is 13.5. The Morgan fingerprint density at radius 2 is 1.38 bits per heavy atom. The topological polar surface area (TPSA) is 26.3 Å². The van der Waals surface area contributed by atoms with Crippen molar-refractivity contribution in [1.29, 1.82) is 0 Å². The van der Waals surface area contributed by atoms with E-state index < -0.39 is 24.5 Å². The molecular weight excluding hydrogens is 405 g/mol. The van der Waals surface area contributed by atoms with Crippen molar-refractivity contribution in [2.75, 3.05) is 0 Å². The molecule has 0 aromatic heterocycles. The normalized spacial score (nSPS) is 14.6. The maximum absolute atomic E-state index is 11.4. The Balaban J connectivity index is 5.91. The first-order chi connectivity index (χ1) is 13.3. The van der Waals surface area contributed by atoms with E-state index >= 15 is 0 Å². The van der Waals surface area contributed by atoms with E-state index in [0.29, 0.717) is 23.0 Å². The molecule has 5 heteroatoms. The van der Waals surface area contributed by atoms with Crippen LogP contribution in [0.4, 0.5) is 0 Å². The zero-order chi connectivity index (χ0) is 22.9. The molecule has 29 heavy (non-hydrogen) atoms. The third kappa shape index (κ3) is 8.69. The lowest BCUT2D eigenvalue weighted by Crippen LogP contribution is -2.44. The average Bonchev–Trinajstić information content (AvgIpc) is 2.59. The molecule has 0 fully saturated rings. The highest BCUT2D eigenvalue weighted by atomic mass is 28.4. The van der Waals surface area contributed by atoms with Gasteiger partial charge >= 0.3 is 0 Å². The minimum Gasteiger partial charge on any atom is -0.399 e. The highest BCUT2D eigenvalue weighted by Crippen LogP contribution is 2.40. The lowest BCUT2D eigenvalue weighted by atomic mass is 10.3. The van der Waals surface area contributed by atoms with Crippen LogP contribution in [0.3, 0.4) is 0 Å². The molecule has 0 bridgehead atoms. The van der Waals surface area contributed by atoms with Gasteiger partial charge in [0, 0.05) is 14.5 Å². The third-order valence-electron chi connectivity index (χ3n) is 6.35. The van der Waals surface area contributed by atoms with Gasteiger partial charge in [0.1, 0.15) is 20.5 Å². The van der Waals surface area contributed by atoms with Crippen molar-refractivity contribution in [3.05, 3.63) is 11.8 Å². The van der Waals surface area contributed by atoms with Gasteiger partial charge in [-0.3, -0.25) is 0 Å². The first-order valence-corrected chi connectivity index (χ1v) is 20.0. The lowest BCUT2D eigenvalue weighted by molar-refractivity contribution is -0.108. The minimum absolute atomic E-state index is 0.265. The Kier molecular flexibility index (Phi) is 12.3. The molecule has 0 aliphatic heterocycles. The van der Waals surface area contributed by atoms with E-state index in [4.69, 9.17) is 4.43 Å². The maximum atomic E-state index is 11.4. The van der Waals surface area contributed by atoms with Crippen LogP contribution in [0.15, 0.2) is 11.8 Å². The molecule has 0 saturated heterocycles. The van der Waals surface area contributed by atoms with Crippen LogP contribution in [-0.4, -0.2) is 36.9 Å². The van der Waals surface area contributed by atoms with Crippen molar-refractivity contribution < 1.29 is 9.22 Å². The first-order valence-electron chi connectivity index (χ1n) is 11.6. The van der Waals surface area contributed by atoms with Crippen LogP contribution in [0.25, 0.3) is 0 Å². The van der Waals surface area contributed by atoms with E-state index in [1.165, 1.54) is 6.04 Å². The van der Waals surface area contributed by atoms with Gasteiger partial charge in [-0.2, -0.15) is 0 Å². The predicted molar refractivity (Wildman–Crippen MR) is 138 cm³/mol. The fraction of sp³-hybridized carbons (Fsp3) is 0.792. The molecule has 0 aliphatic rings. The summed E-state index contributed by atoms with van der Waals surface area (Å²) in [4.78, 5) is 11.4. The maximum Gasteiger partial charge on any atom is 0.218 e. The summed E-state index contributed by atoms with van der Waals surface area (Å²) in [6.07, 6.45) is 3.46. The Bertz CT molecular complexity index is 551. The summed E-state index contributed by atoms with van der Waals surface area (Å²) in [5.41, 5.74) is 7.93. The Morgan fingerprint density at radius 3 is 1.72 bits per heavy atom. The number of rotatable bonds is 12. The van der Waals surface area contributed by atoms with Gasteiger partial charge in [0.15, 0.2) is 0 Å². The molecule has 0 amide bonds. The predicted octanol–water partition coefficient (Wildman–Crippen LogP) is 7.60. The Labute approximate surface area is 185 Å². The molecular formula is C24H48O2Si3. The van der Waals surface area contributed by atoms with E-state index in [1.54, 1.807) is 0 Å². The zero-order valence-electron chi connectivity index (χ0n) is 21.2. The summed E-state index contributed by atoms with van der Waals surface area (Å²) in [5, 5.41) is 0. The van der Waals surface area contributed by atoms with Crippen LogP contribution in [0, 0.1) is 11.5 Å². The van der Waals surface area contributed by atoms with Gasteiger partial charge in [-0.1, -0.05) is 92.7 Å². The van der Waals surface area contributed by atoms with Crippen LogP contribution in [0.1, 0.15) is 61.8 Å². The van der Waals surface area contributed by atoms with Crippen LogP contribution in [0.2, 0.25) is 54.4 Å². The molecule has 168 valence electrons. The summed E-state index contributed by atoms with van der Waals surface area (Å²) in [7, 11) is -4.96. The van der Waals surface area contributed by atoms with Crippen molar-refractivity contribution in [3.63, 3.8) is 0 Å². The molecule has 1 atom stereocenters. The van der Waals surface area contributed by atoms with E-state index in [-0.39, 0.29) is 6.10 Å². The first kappa shape index (κ1) is 28.6. The van der Waals surface area contributed by atoms with Crippen molar-refractivity contribution in [2.45, 2.75) is 122 Å². The summed E-state index contributed by atoms with van der Waals surface area (Å²) >= 11 is 0. The van der Waals surface area contributed by atoms with E-state index in [9.17, 15) is 4.79 Å². The van der Waals surface area contributed by atoms with Gasteiger partial charge in [-0.15, -0.1) is 5.54 Å². The number of hydrogen-bond donors (Lipinski definition) is 0. The van der Waals surface area contributed by atoms with Crippen molar-refractivity contribution >= 4 is 30.8 Å². The number of carbonyl (C=O) groups is 1. The van der Waals surface area contributed by atoms with Crippen molar-refractivity contribution in [3.8, 4) is 11.5 Å². The lowest BCUT2D eigenvalue weighted by Gasteiger charge is -2.38. The van der Waals surface area contributed by atoms with Crippen LogP contribution in [0.5, 0.6) is 0 Å². The van der Waals surface area contributed by atoms with E-state index in [0.717, 1.165) is 18.4 Å². The molecule has 0 spiro atoms. The summed E-state index contributed by atoms with van der Waals surface area (Å²) < 4.78 is 6.71. The third-order valence-corrected chi connectivity index (χ3v) is 18.1. The number of hydrogen-bond acceptors (Lipinski definition) is 2. The monoisotopic (exact) mass is 452 g/mol. The van der Waals surface area contributed by atoms with Gasteiger partial charge < -0.3 is 9.22 Å². The van der Waals surface area contributed by atoms with Crippen LogP contribution < -0.4 is 0 Å². The van der Waals surface area contributed by atoms with Gasteiger partial charge in [-0.05, 0) is 34.8 Å². The van der Waals surface area contributed by atoms with Crippen LogP contribution >= 0.6 is 0 Å². The largest absolute Gasteiger partial charge is 0.399 e. The van der Waals surface area contributed by atoms with Gasteiger partial charge in [0.25, 0.3) is 0 Å². The van der Waals surface area contributed by atoms with Crippen molar-refractivity contribution in [2.24, 2.45) is 0 Å². The molecule has 0 aromatic carbocycles. The van der Waals surface area contributed by atoms with Crippen LogP contribution in [-0.2, 0) is 9.22 Å². The number of allylic oxidation sites excluding steroid dienone is 1.